The van der Waals surface area contributed by atoms with Crippen LogP contribution in [0.1, 0.15) is 19.3 Å². The molecule has 2 atom stereocenters. The lowest BCUT2D eigenvalue weighted by atomic mass is 9.97. The predicted molar refractivity (Wildman–Crippen MR) is 53.9 cm³/mol. The molecule has 0 bridgehead atoms. The van der Waals surface area contributed by atoms with Crippen LogP contribution in [0.25, 0.3) is 0 Å². The maximum atomic E-state index is 11.1. The van der Waals surface area contributed by atoms with E-state index in [0.29, 0.717) is 6.54 Å². The second-order valence-electron chi connectivity index (χ2n) is 3.69. The van der Waals surface area contributed by atoms with E-state index >= 15 is 0 Å². The molecule has 1 rings (SSSR count). The van der Waals surface area contributed by atoms with Crippen molar-refractivity contribution >= 4 is 10.2 Å². The molecule has 1 fully saturated rings. The van der Waals surface area contributed by atoms with E-state index in [1.165, 1.54) is 7.05 Å². The molecule has 2 unspecified atom stereocenters. The van der Waals surface area contributed by atoms with E-state index in [4.69, 9.17) is 5.11 Å². The summed E-state index contributed by atoms with van der Waals surface area (Å²) in [4.78, 5) is 0. The number of hydrogen-bond acceptors (Lipinski definition) is 3. The summed E-state index contributed by atoms with van der Waals surface area (Å²) in [6, 6.07) is 0. The average Bonchev–Trinajstić information content (AvgIpc) is 2.62. The van der Waals surface area contributed by atoms with Gasteiger partial charge < -0.3 is 5.11 Å². The Morgan fingerprint density at radius 1 is 1.36 bits per heavy atom. The van der Waals surface area contributed by atoms with Crippen LogP contribution < -0.4 is 9.44 Å². The zero-order chi connectivity index (χ0) is 10.6. The molecule has 0 aromatic rings. The minimum atomic E-state index is -3.32. The first-order valence-corrected chi connectivity index (χ1v) is 6.36. The zero-order valence-corrected chi connectivity index (χ0v) is 9.18. The van der Waals surface area contributed by atoms with Gasteiger partial charge in [-0.3, -0.25) is 0 Å². The van der Waals surface area contributed by atoms with Gasteiger partial charge in [-0.25, -0.2) is 9.44 Å². The molecule has 0 amide bonds. The van der Waals surface area contributed by atoms with Crippen LogP contribution in [0, 0.1) is 11.8 Å². The summed E-state index contributed by atoms with van der Waals surface area (Å²) in [6.45, 7) is 0.584. The van der Waals surface area contributed by atoms with Crippen molar-refractivity contribution in [2.75, 3.05) is 20.2 Å². The van der Waals surface area contributed by atoms with E-state index < -0.39 is 10.2 Å². The Labute approximate surface area is 85.1 Å². The summed E-state index contributed by atoms with van der Waals surface area (Å²) >= 11 is 0. The summed E-state index contributed by atoms with van der Waals surface area (Å²) in [6.07, 6.45) is 3.08. The van der Waals surface area contributed by atoms with Gasteiger partial charge in [-0.2, -0.15) is 8.42 Å². The second kappa shape index (κ2) is 5.06. The number of aliphatic hydroxyl groups is 1. The van der Waals surface area contributed by atoms with Crippen LogP contribution in [0.3, 0.4) is 0 Å². The van der Waals surface area contributed by atoms with Gasteiger partial charge >= 0.3 is 0 Å². The topological polar surface area (TPSA) is 78.4 Å². The van der Waals surface area contributed by atoms with Crippen LogP contribution in [0.4, 0.5) is 0 Å². The molecule has 0 aromatic carbocycles. The maximum Gasteiger partial charge on any atom is 0.276 e. The van der Waals surface area contributed by atoms with Crippen molar-refractivity contribution in [2.45, 2.75) is 19.3 Å². The van der Waals surface area contributed by atoms with Gasteiger partial charge in [-0.05, 0) is 24.7 Å². The van der Waals surface area contributed by atoms with Gasteiger partial charge in [0.05, 0.1) is 0 Å². The summed E-state index contributed by atoms with van der Waals surface area (Å²) in [7, 11) is -1.94. The fraction of sp³-hybridized carbons (Fsp3) is 1.00. The van der Waals surface area contributed by atoms with E-state index in [0.717, 1.165) is 19.3 Å². The van der Waals surface area contributed by atoms with Crippen LogP contribution in [0.15, 0.2) is 0 Å². The van der Waals surface area contributed by atoms with E-state index in [1.54, 1.807) is 0 Å². The van der Waals surface area contributed by atoms with Gasteiger partial charge in [0.25, 0.3) is 10.2 Å². The molecule has 0 heterocycles. The van der Waals surface area contributed by atoms with Crippen LogP contribution in [-0.2, 0) is 10.2 Å². The minimum Gasteiger partial charge on any atom is -0.396 e. The Bertz CT molecular complexity index is 266. The smallest absolute Gasteiger partial charge is 0.276 e. The first kappa shape index (κ1) is 11.9. The molecule has 0 spiro atoms. The first-order valence-electron chi connectivity index (χ1n) is 4.88. The van der Waals surface area contributed by atoms with E-state index in [9.17, 15) is 8.42 Å². The van der Waals surface area contributed by atoms with Gasteiger partial charge in [0.1, 0.15) is 0 Å². The highest BCUT2D eigenvalue weighted by molar-refractivity contribution is 7.87. The third-order valence-electron chi connectivity index (χ3n) is 2.86. The Morgan fingerprint density at radius 2 is 2.00 bits per heavy atom. The fourth-order valence-electron chi connectivity index (χ4n) is 1.91. The van der Waals surface area contributed by atoms with Crippen molar-refractivity contribution in [1.82, 2.24) is 9.44 Å². The van der Waals surface area contributed by atoms with E-state index in [2.05, 4.69) is 9.44 Å². The monoisotopic (exact) mass is 222 g/mol. The average molecular weight is 222 g/mol. The highest BCUT2D eigenvalue weighted by Crippen LogP contribution is 2.30. The molecule has 0 saturated heterocycles. The first-order chi connectivity index (χ1) is 6.59. The lowest BCUT2D eigenvalue weighted by Crippen LogP contribution is -2.38. The zero-order valence-electron chi connectivity index (χ0n) is 8.36. The molecular weight excluding hydrogens is 204 g/mol. The van der Waals surface area contributed by atoms with Crippen LogP contribution in [0.5, 0.6) is 0 Å². The Kier molecular flexibility index (Phi) is 4.31. The Balaban J connectivity index is 2.38. The lowest BCUT2D eigenvalue weighted by Gasteiger charge is -2.17. The summed E-state index contributed by atoms with van der Waals surface area (Å²) in [5.74, 6) is 0.540. The Morgan fingerprint density at radius 3 is 2.57 bits per heavy atom. The number of aliphatic hydroxyl groups excluding tert-OH is 1. The third kappa shape index (κ3) is 3.20. The molecule has 14 heavy (non-hydrogen) atoms. The van der Waals surface area contributed by atoms with Crippen LogP contribution >= 0.6 is 0 Å². The van der Waals surface area contributed by atoms with E-state index in [1.807, 2.05) is 0 Å². The van der Waals surface area contributed by atoms with Crippen molar-refractivity contribution in [3.63, 3.8) is 0 Å². The molecule has 0 radical (unpaired) electrons. The molecule has 6 heteroatoms. The standard InChI is InChI=1S/C8H18N2O3S/c1-9-14(12,13)10-5-7-3-2-4-8(7)6-11/h7-11H,2-6H2,1H3. The third-order valence-corrected chi connectivity index (χ3v) is 3.94. The SMILES string of the molecule is CNS(=O)(=O)NCC1CCCC1CO. The van der Waals surface area contributed by atoms with Crippen molar-refractivity contribution in [3.8, 4) is 0 Å². The van der Waals surface area contributed by atoms with Crippen LogP contribution in [0.2, 0.25) is 0 Å². The number of rotatable bonds is 5. The lowest BCUT2D eigenvalue weighted by molar-refractivity contribution is 0.195. The quantitative estimate of drug-likeness (QED) is 0.584. The second-order valence-corrected chi connectivity index (χ2v) is 5.39. The summed E-state index contributed by atoms with van der Waals surface area (Å²) in [5.41, 5.74) is 0. The summed E-state index contributed by atoms with van der Waals surface area (Å²) < 4.78 is 26.8. The molecule has 1 aliphatic rings. The largest absolute Gasteiger partial charge is 0.396 e. The van der Waals surface area contributed by atoms with Gasteiger partial charge in [0, 0.05) is 20.2 Å². The number of hydrogen-bond donors (Lipinski definition) is 3. The van der Waals surface area contributed by atoms with Crippen molar-refractivity contribution in [1.29, 1.82) is 0 Å². The molecule has 3 N–H and O–H groups in total. The maximum absolute atomic E-state index is 11.1. The number of nitrogens with one attached hydrogen (secondary N) is 2. The highest BCUT2D eigenvalue weighted by atomic mass is 32.2. The molecule has 84 valence electrons. The van der Waals surface area contributed by atoms with Gasteiger partial charge in [0.2, 0.25) is 0 Å². The van der Waals surface area contributed by atoms with Crippen molar-refractivity contribution in [3.05, 3.63) is 0 Å². The molecule has 1 aliphatic carbocycles. The summed E-state index contributed by atoms with van der Waals surface area (Å²) in [5, 5.41) is 9.03. The van der Waals surface area contributed by atoms with Gasteiger partial charge in [0.15, 0.2) is 0 Å². The molecule has 0 aliphatic heterocycles. The minimum absolute atomic E-state index is 0.159. The fourth-order valence-corrected chi connectivity index (χ4v) is 2.49. The van der Waals surface area contributed by atoms with Crippen molar-refractivity contribution < 1.29 is 13.5 Å². The highest BCUT2D eigenvalue weighted by Gasteiger charge is 2.27. The molecule has 5 nitrogen and oxygen atoms in total. The van der Waals surface area contributed by atoms with Gasteiger partial charge in [-0.1, -0.05) is 6.42 Å². The van der Waals surface area contributed by atoms with Crippen molar-refractivity contribution in [2.24, 2.45) is 11.8 Å². The van der Waals surface area contributed by atoms with Crippen LogP contribution in [-0.4, -0.2) is 33.7 Å². The molecule has 0 aromatic heterocycles. The normalized spacial score (nSPS) is 28.1. The molecular formula is C8H18N2O3S. The van der Waals surface area contributed by atoms with E-state index in [-0.39, 0.29) is 18.4 Å². The Hall–Kier alpha value is -0.170. The van der Waals surface area contributed by atoms with Gasteiger partial charge in [-0.15, -0.1) is 0 Å². The molecule has 1 saturated carbocycles. The predicted octanol–water partition coefficient (Wildman–Crippen LogP) is -0.551.